The topological polar surface area (TPSA) is 79.1 Å². The molecule has 0 radical (unpaired) electrons. The average molecular weight is 653 g/mol. The molecule has 3 aromatic rings. The highest BCUT2D eigenvalue weighted by atomic mass is 28.3. The average Bonchev–Trinajstić information content (AvgIpc) is 3.54. The lowest BCUT2D eigenvalue weighted by Gasteiger charge is -2.43. The normalized spacial score (nSPS) is 21.5. The molecule has 3 aliphatic rings. The van der Waals surface area contributed by atoms with Crippen LogP contribution < -0.4 is 10.1 Å². The van der Waals surface area contributed by atoms with Crippen LogP contribution in [0.2, 0.25) is 25.7 Å². The highest BCUT2D eigenvalue weighted by molar-refractivity contribution is 6.76. The summed E-state index contributed by atoms with van der Waals surface area (Å²) in [6.45, 7) is 9.05. The van der Waals surface area contributed by atoms with Crippen molar-refractivity contribution in [1.29, 1.82) is 0 Å². The van der Waals surface area contributed by atoms with Crippen molar-refractivity contribution in [2.75, 3.05) is 38.3 Å². The zero-order valence-electron chi connectivity index (χ0n) is 25.5. The van der Waals surface area contributed by atoms with Crippen LogP contribution in [0.5, 0.6) is 11.5 Å². The number of rotatable bonds is 9. The maximum Gasteiger partial charge on any atom is 0.398 e. The zero-order valence-corrected chi connectivity index (χ0v) is 26.5. The van der Waals surface area contributed by atoms with Gasteiger partial charge >= 0.3 is 6.18 Å². The Balaban J connectivity index is 1.30. The summed E-state index contributed by atoms with van der Waals surface area (Å²) in [4.78, 5) is 8.72. The van der Waals surface area contributed by atoms with Gasteiger partial charge in [0.1, 0.15) is 24.7 Å². The number of hydrogen-bond donors (Lipinski definition) is 1. The number of pyridine rings is 1. The van der Waals surface area contributed by atoms with E-state index in [0.717, 1.165) is 24.6 Å². The Kier molecular flexibility index (Phi) is 8.36. The quantitative estimate of drug-likeness (QED) is 0.146. The van der Waals surface area contributed by atoms with E-state index in [2.05, 4.69) is 34.9 Å². The Hall–Kier alpha value is -3.23. The number of fused-ring (bicyclic) bond motifs is 1. The van der Waals surface area contributed by atoms with E-state index in [4.69, 9.17) is 18.9 Å². The van der Waals surface area contributed by atoms with Crippen LogP contribution in [0.1, 0.15) is 31.2 Å². The van der Waals surface area contributed by atoms with Crippen molar-refractivity contribution in [1.82, 2.24) is 9.55 Å². The van der Waals surface area contributed by atoms with Crippen molar-refractivity contribution in [2.24, 2.45) is 10.4 Å². The number of anilines is 1. The van der Waals surface area contributed by atoms with E-state index < -0.39 is 37.0 Å². The summed E-state index contributed by atoms with van der Waals surface area (Å²) < 4.78 is 98.7. The van der Waals surface area contributed by atoms with E-state index in [1.165, 1.54) is 23.0 Å². The Morgan fingerprint density at radius 2 is 1.84 bits per heavy atom. The van der Waals surface area contributed by atoms with Crippen molar-refractivity contribution in [3.63, 3.8) is 0 Å². The van der Waals surface area contributed by atoms with Gasteiger partial charge in [0, 0.05) is 56.9 Å². The molecule has 244 valence electrons. The largest absolute Gasteiger partial charge is 0.464 e. The van der Waals surface area contributed by atoms with Crippen molar-refractivity contribution in [3.05, 3.63) is 47.8 Å². The molecule has 1 aliphatic carbocycles. The maximum absolute atomic E-state index is 15.4. The van der Waals surface area contributed by atoms with Crippen molar-refractivity contribution in [2.45, 2.75) is 69.7 Å². The molecule has 1 saturated heterocycles. The van der Waals surface area contributed by atoms with Crippen LogP contribution >= 0.6 is 0 Å². The molecule has 8 nitrogen and oxygen atoms in total. The van der Waals surface area contributed by atoms with Crippen LogP contribution in [0.3, 0.4) is 0 Å². The molecule has 14 heteroatoms. The number of aromatic nitrogens is 2. The van der Waals surface area contributed by atoms with Gasteiger partial charge in [-0.3, -0.25) is 0 Å². The molecule has 1 saturated carbocycles. The molecule has 1 spiro atoms. The lowest BCUT2D eigenvalue weighted by molar-refractivity contribution is -0.212. The first-order valence-electron chi connectivity index (χ1n) is 15.1. The van der Waals surface area contributed by atoms with Gasteiger partial charge in [-0.15, -0.1) is 0 Å². The molecule has 2 aliphatic heterocycles. The molecule has 4 heterocycles. The van der Waals surface area contributed by atoms with Crippen LogP contribution in [0.4, 0.5) is 27.6 Å². The number of nitrogens with one attached hydrogen (secondary N) is 1. The highest BCUT2D eigenvalue weighted by Gasteiger charge is 2.60. The van der Waals surface area contributed by atoms with Gasteiger partial charge in [0.25, 0.3) is 6.02 Å². The third kappa shape index (κ3) is 6.28. The lowest BCUT2D eigenvalue weighted by atomic mass is 9.64. The van der Waals surface area contributed by atoms with Crippen LogP contribution in [0.25, 0.3) is 11.0 Å². The monoisotopic (exact) mass is 652 g/mol. The predicted molar refractivity (Wildman–Crippen MR) is 162 cm³/mol. The summed E-state index contributed by atoms with van der Waals surface area (Å²) in [5.74, 6) is -2.98. The summed E-state index contributed by atoms with van der Waals surface area (Å²) in [7, 11) is -1.39. The van der Waals surface area contributed by atoms with Crippen molar-refractivity contribution >= 4 is 30.8 Å². The van der Waals surface area contributed by atoms with E-state index in [-0.39, 0.29) is 59.0 Å². The van der Waals surface area contributed by atoms with E-state index in [9.17, 15) is 13.2 Å². The molecule has 1 N–H and O–H groups in total. The van der Waals surface area contributed by atoms with Crippen molar-refractivity contribution < 1.29 is 40.9 Å². The predicted octanol–water partition coefficient (Wildman–Crippen LogP) is 7.61. The third-order valence-electron chi connectivity index (χ3n) is 8.93. The van der Waals surface area contributed by atoms with Gasteiger partial charge in [-0.2, -0.15) is 13.2 Å². The minimum atomic E-state index is -4.55. The van der Waals surface area contributed by atoms with Crippen molar-refractivity contribution in [3.8, 4) is 11.5 Å². The summed E-state index contributed by atoms with van der Waals surface area (Å²) in [5.41, 5.74) is -2.11. The Morgan fingerprint density at radius 1 is 1.09 bits per heavy atom. The van der Waals surface area contributed by atoms with Crippen LogP contribution in [0, 0.1) is 17.0 Å². The number of halogens is 5. The summed E-state index contributed by atoms with van der Waals surface area (Å²) >= 11 is 0. The number of nitrogens with zero attached hydrogens (tertiary/aromatic N) is 3. The molecule has 2 fully saturated rings. The Morgan fingerprint density at radius 3 is 2.42 bits per heavy atom. The highest BCUT2D eigenvalue weighted by Crippen LogP contribution is 2.57. The molecule has 0 amide bonds. The van der Waals surface area contributed by atoms with E-state index in [0.29, 0.717) is 39.4 Å². The molecule has 45 heavy (non-hydrogen) atoms. The molecule has 0 bridgehead atoms. The number of ether oxygens (including phenoxy) is 4. The minimum Gasteiger partial charge on any atom is -0.464 e. The van der Waals surface area contributed by atoms with E-state index in [1.54, 1.807) is 0 Å². The summed E-state index contributed by atoms with van der Waals surface area (Å²) in [6, 6.07) is 4.38. The standard InChI is InChI=1S/C31H37F5N4O4Si/c1-45(2,3)12-11-42-19-40-15-21(30(6-4-7-30)31(34,35)36)25-24(5-9-37-27(25)40)44-26-22(32)13-20(14-23(26)33)39-28-38-16-29(18-43-28)8-10-41-17-29/h5,9,13-15H,4,6-8,10-12,16-19H2,1-3H3,(H,38,39). The molecule has 6 rings (SSSR count). The number of hydrogen-bond acceptors (Lipinski definition) is 7. The zero-order chi connectivity index (χ0) is 32.0. The molecule has 1 atom stereocenters. The number of amidine groups is 1. The van der Waals surface area contributed by atoms with Gasteiger partial charge in [0.15, 0.2) is 17.4 Å². The number of aliphatic imine (C=N–C) groups is 1. The SMILES string of the molecule is C[Si](C)(C)CCOCn1cc(C2(C(F)(F)F)CCC2)c2c(Oc3c(F)cc(NC4=NCC5(CCOC5)CO4)cc3F)ccnc21. The first kappa shape index (κ1) is 31.7. The van der Waals surface area contributed by atoms with E-state index >= 15 is 8.78 Å². The Labute approximate surface area is 258 Å². The smallest absolute Gasteiger partial charge is 0.398 e. The second kappa shape index (κ2) is 11.8. The van der Waals surface area contributed by atoms with Crippen LogP contribution in [0.15, 0.2) is 35.6 Å². The number of benzene rings is 1. The van der Waals surface area contributed by atoms with Gasteiger partial charge in [-0.05, 0) is 36.9 Å². The van der Waals surface area contributed by atoms with Crippen LogP contribution in [-0.4, -0.2) is 62.8 Å². The van der Waals surface area contributed by atoms with Gasteiger partial charge in [-0.25, -0.2) is 18.8 Å². The minimum absolute atomic E-state index is 0.0193. The van der Waals surface area contributed by atoms with Gasteiger partial charge in [0.05, 0.1) is 24.0 Å². The van der Waals surface area contributed by atoms with E-state index in [1.807, 2.05) is 0 Å². The Bertz CT molecular complexity index is 1570. The summed E-state index contributed by atoms with van der Waals surface area (Å²) in [6.07, 6.45) is -0.799. The fourth-order valence-corrected chi connectivity index (χ4v) is 6.75. The number of alkyl halides is 3. The molecule has 2 aromatic heterocycles. The second-order valence-corrected chi connectivity index (χ2v) is 19.1. The van der Waals surface area contributed by atoms with Gasteiger partial charge in [-0.1, -0.05) is 26.1 Å². The van der Waals surface area contributed by atoms with Gasteiger partial charge < -0.3 is 28.8 Å². The first-order valence-corrected chi connectivity index (χ1v) is 18.8. The molecule has 1 aromatic carbocycles. The lowest BCUT2D eigenvalue weighted by Crippen LogP contribution is -2.47. The first-order chi connectivity index (χ1) is 21.3. The van der Waals surface area contributed by atoms with Gasteiger partial charge in [0.2, 0.25) is 0 Å². The molecule has 1 unspecified atom stereocenters. The van der Waals surface area contributed by atoms with Crippen LogP contribution in [-0.2, 0) is 26.4 Å². The molecular weight excluding hydrogens is 615 g/mol. The fourth-order valence-electron chi connectivity index (χ4n) is 5.99. The summed E-state index contributed by atoms with van der Waals surface area (Å²) in [5, 5.41) is 2.84. The maximum atomic E-state index is 15.4. The fraction of sp³-hybridized carbons (Fsp3) is 0.548. The third-order valence-corrected chi connectivity index (χ3v) is 10.6. The molecular formula is C31H37F5N4O4Si. The second-order valence-electron chi connectivity index (χ2n) is 13.5.